The molecule has 0 saturated carbocycles. The molecular formula is C15H15ClN4. The van der Waals surface area contributed by atoms with Gasteiger partial charge in [-0.15, -0.1) is 0 Å². The average Bonchev–Trinajstić information content (AvgIpc) is 2.87. The molecule has 0 amide bonds. The molecular weight excluding hydrogens is 272 g/mol. The standard InChI is InChI=1S/C15H15ClN4/c1-11(14-4-2-3-7-17-14)18-8-13-10-20-9-12(16)5-6-15(20)19-13/h2-7,9-11,18H,8H2,1H3. The molecule has 0 bridgehead atoms. The Hall–Kier alpha value is -1.91. The van der Waals surface area contributed by atoms with E-state index in [1.807, 2.05) is 47.1 Å². The van der Waals surface area contributed by atoms with Gasteiger partial charge in [-0.1, -0.05) is 17.7 Å². The lowest BCUT2D eigenvalue weighted by Gasteiger charge is -2.11. The van der Waals surface area contributed by atoms with Crippen LogP contribution in [0.25, 0.3) is 5.65 Å². The number of rotatable bonds is 4. The van der Waals surface area contributed by atoms with Gasteiger partial charge in [0.05, 0.1) is 16.4 Å². The molecule has 0 fully saturated rings. The molecule has 0 radical (unpaired) electrons. The molecule has 0 aliphatic rings. The van der Waals surface area contributed by atoms with E-state index < -0.39 is 0 Å². The Kier molecular flexibility index (Phi) is 3.67. The van der Waals surface area contributed by atoms with Crippen molar-refractivity contribution >= 4 is 17.2 Å². The highest BCUT2D eigenvalue weighted by Crippen LogP contribution is 2.13. The molecule has 0 spiro atoms. The van der Waals surface area contributed by atoms with E-state index in [9.17, 15) is 0 Å². The molecule has 3 aromatic heterocycles. The maximum absolute atomic E-state index is 5.96. The van der Waals surface area contributed by atoms with Crippen molar-refractivity contribution in [2.24, 2.45) is 0 Å². The predicted octanol–water partition coefficient (Wildman–Crippen LogP) is 3.23. The van der Waals surface area contributed by atoms with Crippen LogP contribution in [0.4, 0.5) is 0 Å². The number of aromatic nitrogens is 3. The third-order valence-electron chi connectivity index (χ3n) is 3.19. The maximum Gasteiger partial charge on any atom is 0.137 e. The van der Waals surface area contributed by atoms with Gasteiger partial charge in [0, 0.05) is 31.2 Å². The van der Waals surface area contributed by atoms with E-state index in [2.05, 4.69) is 22.2 Å². The van der Waals surface area contributed by atoms with Crippen molar-refractivity contribution in [3.05, 3.63) is 65.3 Å². The van der Waals surface area contributed by atoms with E-state index in [1.165, 1.54) is 0 Å². The Morgan fingerprint density at radius 3 is 2.95 bits per heavy atom. The minimum Gasteiger partial charge on any atom is -0.305 e. The van der Waals surface area contributed by atoms with Gasteiger partial charge in [0.25, 0.3) is 0 Å². The third kappa shape index (κ3) is 2.81. The van der Waals surface area contributed by atoms with E-state index >= 15 is 0 Å². The van der Waals surface area contributed by atoms with Crippen molar-refractivity contribution < 1.29 is 0 Å². The van der Waals surface area contributed by atoms with Crippen LogP contribution in [0.2, 0.25) is 5.02 Å². The molecule has 102 valence electrons. The third-order valence-corrected chi connectivity index (χ3v) is 3.41. The van der Waals surface area contributed by atoms with Gasteiger partial charge in [0.2, 0.25) is 0 Å². The number of imidazole rings is 1. The molecule has 1 unspecified atom stereocenters. The largest absolute Gasteiger partial charge is 0.305 e. The van der Waals surface area contributed by atoms with Crippen molar-refractivity contribution in [2.45, 2.75) is 19.5 Å². The fraction of sp³-hybridized carbons (Fsp3) is 0.200. The molecule has 20 heavy (non-hydrogen) atoms. The molecule has 3 heterocycles. The summed E-state index contributed by atoms with van der Waals surface area (Å²) in [5.74, 6) is 0. The van der Waals surface area contributed by atoms with Gasteiger partial charge in [-0.05, 0) is 31.2 Å². The van der Waals surface area contributed by atoms with Gasteiger partial charge in [-0.2, -0.15) is 0 Å². The van der Waals surface area contributed by atoms with Gasteiger partial charge < -0.3 is 9.72 Å². The fourth-order valence-corrected chi connectivity index (χ4v) is 2.26. The lowest BCUT2D eigenvalue weighted by Crippen LogP contribution is -2.19. The first-order chi connectivity index (χ1) is 9.72. The van der Waals surface area contributed by atoms with Crippen molar-refractivity contribution in [1.82, 2.24) is 19.7 Å². The number of nitrogens with zero attached hydrogens (tertiary/aromatic N) is 3. The molecule has 4 nitrogen and oxygen atoms in total. The highest BCUT2D eigenvalue weighted by Gasteiger charge is 2.07. The first-order valence-electron chi connectivity index (χ1n) is 6.50. The molecule has 1 N–H and O–H groups in total. The van der Waals surface area contributed by atoms with Gasteiger partial charge >= 0.3 is 0 Å². The van der Waals surface area contributed by atoms with Crippen LogP contribution in [0.1, 0.15) is 24.4 Å². The minimum absolute atomic E-state index is 0.185. The fourth-order valence-electron chi connectivity index (χ4n) is 2.10. The van der Waals surface area contributed by atoms with Crippen molar-refractivity contribution in [3.63, 3.8) is 0 Å². The van der Waals surface area contributed by atoms with Crippen LogP contribution in [0, 0.1) is 0 Å². The normalized spacial score (nSPS) is 12.7. The smallest absolute Gasteiger partial charge is 0.137 e. The zero-order valence-corrected chi connectivity index (χ0v) is 11.9. The Balaban J connectivity index is 1.71. The summed E-state index contributed by atoms with van der Waals surface area (Å²) < 4.78 is 1.94. The summed E-state index contributed by atoms with van der Waals surface area (Å²) in [6, 6.07) is 9.87. The number of halogens is 1. The van der Waals surface area contributed by atoms with Crippen LogP contribution in [-0.2, 0) is 6.54 Å². The number of hydrogen-bond acceptors (Lipinski definition) is 3. The highest BCUT2D eigenvalue weighted by molar-refractivity contribution is 6.30. The topological polar surface area (TPSA) is 42.2 Å². The number of hydrogen-bond donors (Lipinski definition) is 1. The predicted molar refractivity (Wildman–Crippen MR) is 79.7 cm³/mol. The van der Waals surface area contributed by atoms with Crippen LogP contribution in [0.5, 0.6) is 0 Å². The quantitative estimate of drug-likeness (QED) is 0.801. The van der Waals surface area contributed by atoms with Gasteiger partial charge in [-0.3, -0.25) is 4.98 Å². The summed E-state index contributed by atoms with van der Waals surface area (Å²) in [5.41, 5.74) is 2.91. The van der Waals surface area contributed by atoms with E-state index in [0.29, 0.717) is 11.6 Å². The molecule has 3 rings (SSSR count). The Bertz CT molecular complexity index is 708. The zero-order valence-electron chi connectivity index (χ0n) is 11.1. The average molecular weight is 287 g/mol. The zero-order chi connectivity index (χ0) is 13.9. The van der Waals surface area contributed by atoms with Crippen molar-refractivity contribution in [1.29, 1.82) is 0 Å². The summed E-state index contributed by atoms with van der Waals surface area (Å²) in [7, 11) is 0. The first-order valence-corrected chi connectivity index (χ1v) is 6.87. The summed E-state index contributed by atoms with van der Waals surface area (Å²) in [6.45, 7) is 2.78. The summed E-state index contributed by atoms with van der Waals surface area (Å²) in [6.07, 6.45) is 5.65. The SMILES string of the molecule is CC(NCc1cn2cc(Cl)ccc2n1)c1ccccn1. The second-order valence-corrected chi connectivity index (χ2v) is 5.14. The lowest BCUT2D eigenvalue weighted by molar-refractivity contribution is 0.556. The maximum atomic E-state index is 5.96. The van der Waals surface area contributed by atoms with Crippen molar-refractivity contribution in [3.8, 4) is 0 Å². The molecule has 0 aliphatic heterocycles. The van der Waals surface area contributed by atoms with E-state index in [4.69, 9.17) is 11.6 Å². The molecule has 0 aromatic carbocycles. The second-order valence-electron chi connectivity index (χ2n) is 4.70. The molecule has 1 atom stereocenters. The van der Waals surface area contributed by atoms with Gasteiger partial charge in [0.15, 0.2) is 0 Å². The highest BCUT2D eigenvalue weighted by atomic mass is 35.5. The molecule has 3 aromatic rings. The van der Waals surface area contributed by atoms with Crippen LogP contribution in [0.3, 0.4) is 0 Å². The number of nitrogens with one attached hydrogen (secondary N) is 1. The monoisotopic (exact) mass is 286 g/mol. The van der Waals surface area contributed by atoms with Crippen LogP contribution < -0.4 is 5.32 Å². The van der Waals surface area contributed by atoms with Crippen LogP contribution in [0.15, 0.2) is 48.9 Å². The van der Waals surface area contributed by atoms with Crippen molar-refractivity contribution in [2.75, 3.05) is 0 Å². The van der Waals surface area contributed by atoms with Gasteiger partial charge in [-0.25, -0.2) is 4.98 Å². The Morgan fingerprint density at radius 1 is 1.25 bits per heavy atom. The lowest BCUT2D eigenvalue weighted by atomic mass is 10.2. The Labute approximate surface area is 122 Å². The summed E-state index contributed by atoms with van der Waals surface area (Å²) in [5, 5.41) is 4.12. The van der Waals surface area contributed by atoms with Crippen LogP contribution in [-0.4, -0.2) is 14.4 Å². The number of pyridine rings is 2. The van der Waals surface area contributed by atoms with E-state index in [0.717, 1.165) is 17.0 Å². The minimum atomic E-state index is 0.185. The van der Waals surface area contributed by atoms with E-state index in [-0.39, 0.29) is 6.04 Å². The number of fused-ring (bicyclic) bond motifs is 1. The molecule has 0 saturated heterocycles. The molecule has 5 heteroatoms. The van der Waals surface area contributed by atoms with Gasteiger partial charge in [0.1, 0.15) is 5.65 Å². The second kappa shape index (κ2) is 5.61. The van der Waals surface area contributed by atoms with E-state index in [1.54, 1.807) is 6.20 Å². The summed E-state index contributed by atoms with van der Waals surface area (Å²) >= 11 is 5.96. The molecule has 0 aliphatic carbocycles. The summed E-state index contributed by atoms with van der Waals surface area (Å²) in [4.78, 5) is 8.88. The first kappa shape index (κ1) is 13.1. The Morgan fingerprint density at radius 2 is 2.15 bits per heavy atom. The van der Waals surface area contributed by atoms with Crippen LogP contribution >= 0.6 is 11.6 Å².